The van der Waals surface area contributed by atoms with Gasteiger partial charge in [-0.15, -0.1) is 0 Å². The molecule has 6 heteroatoms. The maximum Gasteiger partial charge on any atom is 0.255 e. The first-order chi connectivity index (χ1) is 11.3. The van der Waals surface area contributed by atoms with Crippen molar-refractivity contribution in [2.75, 3.05) is 33.8 Å². The molecule has 1 aromatic heterocycles. The first-order valence-corrected chi connectivity index (χ1v) is 8.12. The van der Waals surface area contributed by atoms with Crippen LogP contribution in [-0.4, -0.2) is 59.7 Å². The molecule has 0 aliphatic carbocycles. The number of aryl methyl sites for hydroxylation is 1. The van der Waals surface area contributed by atoms with Crippen molar-refractivity contribution in [2.24, 2.45) is 7.05 Å². The minimum absolute atomic E-state index is 0.0313. The van der Waals surface area contributed by atoms with E-state index >= 15 is 0 Å². The van der Waals surface area contributed by atoms with Gasteiger partial charge >= 0.3 is 0 Å². The van der Waals surface area contributed by atoms with Gasteiger partial charge in [0, 0.05) is 57.9 Å². The van der Waals surface area contributed by atoms with Gasteiger partial charge in [-0.05, 0) is 30.7 Å². The van der Waals surface area contributed by atoms with Crippen molar-refractivity contribution in [3.63, 3.8) is 0 Å². The van der Waals surface area contributed by atoms with Gasteiger partial charge in [-0.1, -0.05) is 0 Å². The lowest BCUT2D eigenvalue weighted by Crippen LogP contribution is -2.57. The predicted molar refractivity (Wildman–Crippen MR) is 91.2 cm³/mol. The molecule has 1 amide bonds. The van der Waals surface area contributed by atoms with Gasteiger partial charge in [0.15, 0.2) is 5.60 Å². The van der Waals surface area contributed by atoms with E-state index in [1.165, 1.54) is 6.07 Å². The van der Waals surface area contributed by atoms with Crippen LogP contribution in [0, 0.1) is 5.82 Å². The molecule has 0 unspecified atom stereocenters. The second-order valence-electron chi connectivity index (χ2n) is 6.92. The molecule has 1 fully saturated rings. The SMILES string of the molecule is CN(C)C(=O)[C@]1(C)CN(Cc2cn(C)c3ccc(F)cc23)CCO1. The Hall–Kier alpha value is -1.92. The molecule has 1 atom stereocenters. The molecule has 0 N–H and O–H groups in total. The van der Waals surface area contributed by atoms with Crippen LogP contribution in [0.15, 0.2) is 24.4 Å². The summed E-state index contributed by atoms with van der Waals surface area (Å²) in [6.45, 7) is 4.29. The number of morpholine rings is 1. The van der Waals surface area contributed by atoms with Crippen molar-refractivity contribution < 1.29 is 13.9 Å². The largest absolute Gasteiger partial charge is 0.363 e. The normalized spacial score (nSPS) is 22.0. The molecule has 130 valence electrons. The van der Waals surface area contributed by atoms with Gasteiger partial charge < -0.3 is 14.2 Å². The first-order valence-electron chi connectivity index (χ1n) is 8.12. The quantitative estimate of drug-likeness (QED) is 0.862. The van der Waals surface area contributed by atoms with Crippen molar-refractivity contribution in [3.05, 3.63) is 35.8 Å². The van der Waals surface area contributed by atoms with Gasteiger partial charge in [0.25, 0.3) is 5.91 Å². The fourth-order valence-corrected chi connectivity index (χ4v) is 3.50. The maximum atomic E-state index is 13.6. The second kappa shape index (κ2) is 6.18. The fraction of sp³-hybridized carbons (Fsp3) is 0.500. The number of carbonyl (C=O) groups is 1. The molecule has 1 aromatic carbocycles. The van der Waals surface area contributed by atoms with E-state index in [1.807, 2.05) is 24.7 Å². The molecular weight excluding hydrogens is 309 g/mol. The lowest BCUT2D eigenvalue weighted by Gasteiger charge is -2.40. The third kappa shape index (κ3) is 3.03. The number of fused-ring (bicyclic) bond motifs is 1. The fourth-order valence-electron chi connectivity index (χ4n) is 3.50. The van der Waals surface area contributed by atoms with Crippen LogP contribution >= 0.6 is 0 Å². The molecule has 3 rings (SSSR count). The van der Waals surface area contributed by atoms with Crippen molar-refractivity contribution >= 4 is 16.8 Å². The molecule has 0 bridgehead atoms. The Bertz CT molecular complexity index is 771. The van der Waals surface area contributed by atoms with Crippen molar-refractivity contribution in [3.8, 4) is 0 Å². The number of halogens is 1. The molecule has 0 radical (unpaired) electrons. The Morgan fingerprint density at radius 2 is 2.17 bits per heavy atom. The topological polar surface area (TPSA) is 37.7 Å². The molecule has 24 heavy (non-hydrogen) atoms. The minimum atomic E-state index is -0.836. The maximum absolute atomic E-state index is 13.6. The van der Waals surface area contributed by atoms with Crippen LogP contribution in [0.1, 0.15) is 12.5 Å². The number of hydrogen-bond donors (Lipinski definition) is 0. The summed E-state index contributed by atoms with van der Waals surface area (Å²) in [4.78, 5) is 16.2. The molecule has 1 aliphatic heterocycles. The standard InChI is InChI=1S/C18H24FN3O2/c1-18(17(23)20(2)3)12-22(7-8-24-18)11-13-10-21(4)16-6-5-14(19)9-15(13)16/h5-6,9-10H,7-8,11-12H2,1-4H3/t18-/m0/s1. The highest BCUT2D eigenvalue weighted by atomic mass is 19.1. The number of rotatable bonds is 3. The van der Waals surface area contributed by atoms with E-state index < -0.39 is 5.60 Å². The van der Waals surface area contributed by atoms with E-state index in [0.717, 1.165) is 23.0 Å². The number of hydrogen-bond acceptors (Lipinski definition) is 3. The van der Waals surface area contributed by atoms with Gasteiger partial charge in [0.1, 0.15) is 5.82 Å². The van der Waals surface area contributed by atoms with E-state index in [-0.39, 0.29) is 11.7 Å². The predicted octanol–water partition coefficient (Wildman–Crippen LogP) is 2.00. The Balaban J connectivity index is 1.84. The van der Waals surface area contributed by atoms with E-state index in [1.54, 1.807) is 31.1 Å². The van der Waals surface area contributed by atoms with E-state index in [9.17, 15) is 9.18 Å². The van der Waals surface area contributed by atoms with Crippen molar-refractivity contribution in [1.29, 1.82) is 0 Å². The highest BCUT2D eigenvalue weighted by Gasteiger charge is 2.40. The number of ether oxygens (including phenoxy) is 1. The number of carbonyl (C=O) groups excluding carboxylic acids is 1. The summed E-state index contributed by atoms with van der Waals surface area (Å²) < 4.78 is 21.4. The Kier molecular flexibility index (Phi) is 4.36. The summed E-state index contributed by atoms with van der Waals surface area (Å²) in [5.74, 6) is -0.263. The number of aromatic nitrogens is 1. The monoisotopic (exact) mass is 333 g/mol. The summed E-state index contributed by atoms with van der Waals surface area (Å²) in [6, 6.07) is 4.86. The number of nitrogens with zero attached hydrogens (tertiary/aromatic N) is 3. The highest BCUT2D eigenvalue weighted by Crippen LogP contribution is 2.26. The Labute approximate surface area is 141 Å². The molecule has 0 saturated carbocycles. The summed E-state index contributed by atoms with van der Waals surface area (Å²) in [7, 11) is 5.44. The van der Waals surface area contributed by atoms with Gasteiger partial charge in [-0.2, -0.15) is 0 Å². The van der Waals surface area contributed by atoms with Crippen LogP contribution < -0.4 is 0 Å². The van der Waals surface area contributed by atoms with E-state index in [2.05, 4.69) is 4.90 Å². The van der Waals surface area contributed by atoms with Gasteiger partial charge in [0.05, 0.1) is 6.61 Å². The highest BCUT2D eigenvalue weighted by molar-refractivity contribution is 5.85. The Morgan fingerprint density at radius 3 is 2.88 bits per heavy atom. The van der Waals surface area contributed by atoms with Crippen LogP contribution in [0.4, 0.5) is 4.39 Å². The minimum Gasteiger partial charge on any atom is -0.363 e. The zero-order chi connectivity index (χ0) is 17.5. The lowest BCUT2D eigenvalue weighted by atomic mass is 10.0. The van der Waals surface area contributed by atoms with Gasteiger partial charge in [-0.3, -0.25) is 9.69 Å². The van der Waals surface area contributed by atoms with Crippen LogP contribution in [0.5, 0.6) is 0 Å². The van der Waals surface area contributed by atoms with Crippen molar-refractivity contribution in [1.82, 2.24) is 14.4 Å². The zero-order valence-corrected chi connectivity index (χ0v) is 14.7. The third-order valence-corrected chi connectivity index (χ3v) is 4.64. The van der Waals surface area contributed by atoms with Crippen LogP contribution in [0.25, 0.3) is 10.9 Å². The zero-order valence-electron chi connectivity index (χ0n) is 14.7. The molecule has 1 saturated heterocycles. The first kappa shape index (κ1) is 16.9. The molecule has 2 heterocycles. The van der Waals surface area contributed by atoms with Crippen LogP contribution in [-0.2, 0) is 23.1 Å². The van der Waals surface area contributed by atoms with Gasteiger partial charge in [-0.25, -0.2) is 4.39 Å². The molecule has 1 aliphatic rings. The molecule has 5 nitrogen and oxygen atoms in total. The summed E-state index contributed by atoms with van der Waals surface area (Å²) in [6.07, 6.45) is 2.03. The number of likely N-dealkylation sites (N-methyl/N-ethyl adjacent to an activating group) is 1. The van der Waals surface area contributed by atoms with E-state index in [0.29, 0.717) is 19.7 Å². The summed E-state index contributed by atoms with van der Waals surface area (Å²) in [5.41, 5.74) is 1.23. The smallest absolute Gasteiger partial charge is 0.255 e. The van der Waals surface area contributed by atoms with E-state index in [4.69, 9.17) is 4.74 Å². The molecule has 0 spiro atoms. The Morgan fingerprint density at radius 1 is 1.42 bits per heavy atom. The third-order valence-electron chi connectivity index (χ3n) is 4.64. The average molecular weight is 333 g/mol. The second-order valence-corrected chi connectivity index (χ2v) is 6.92. The number of amides is 1. The van der Waals surface area contributed by atoms with Crippen LogP contribution in [0.2, 0.25) is 0 Å². The summed E-state index contributed by atoms with van der Waals surface area (Å²) >= 11 is 0. The van der Waals surface area contributed by atoms with Gasteiger partial charge in [0.2, 0.25) is 0 Å². The average Bonchev–Trinajstić information content (AvgIpc) is 2.82. The lowest BCUT2D eigenvalue weighted by molar-refractivity contribution is -0.165. The molecular formula is C18H24FN3O2. The summed E-state index contributed by atoms with van der Waals surface area (Å²) in [5, 5.41) is 0.921. The number of benzene rings is 1. The molecule has 2 aromatic rings. The van der Waals surface area contributed by atoms with Crippen molar-refractivity contribution in [2.45, 2.75) is 19.1 Å². The van der Waals surface area contributed by atoms with Crippen LogP contribution in [0.3, 0.4) is 0 Å².